The normalized spacial score (nSPS) is 11.8. The molecule has 0 aliphatic carbocycles. The maximum atomic E-state index is 13.2. The zero-order valence-corrected chi connectivity index (χ0v) is 25.6. The fraction of sp³-hybridized carbons (Fsp3) is 0.622. The second-order valence-corrected chi connectivity index (χ2v) is 11.6. The molecule has 1 atom stereocenters. The third kappa shape index (κ3) is 14.8. The molecule has 0 aliphatic heterocycles. The molecule has 2 aromatic carbocycles. The van der Waals surface area contributed by atoms with Gasteiger partial charge in [0.1, 0.15) is 12.0 Å². The maximum absolute atomic E-state index is 13.2. The van der Waals surface area contributed by atoms with E-state index in [0.29, 0.717) is 11.3 Å². The number of ether oxygens (including phenoxy) is 1. The van der Waals surface area contributed by atoms with E-state index in [9.17, 15) is 9.59 Å². The fourth-order valence-electron chi connectivity index (χ4n) is 5.49. The van der Waals surface area contributed by atoms with Crippen LogP contribution in [0.5, 0.6) is 5.75 Å². The van der Waals surface area contributed by atoms with Crippen molar-refractivity contribution in [2.75, 3.05) is 0 Å². The molecule has 0 spiro atoms. The number of carbonyl (C=O) groups is 2. The number of esters is 1. The van der Waals surface area contributed by atoms with Gasteiger partial charge in [-0.25, -0.2) is 0 Å². The SMILES string of the molecule is CCCCCCCCCCCCC(CCCCCCCCCC)C(=O)Oc1ccc(-c2cccc(C=O)c2)cc1. The fourth-order valence-corrected chi connectivity index (χ4v) is 5.49. The van der Waals surface area contributed by atoms with Crippen molar-refractivity contribution >= 4 is 12.3 Å². The Morgan fingerprint density at radius 3 is 1.57 bits per heavy atom. The number of aldehydes is 1. The molecule has 0 amide bonds. The van der Waals surface area contributed by atoms with E-state index in [4.69, 9.17) is 4.74 Å². The molecule has 0 N–H and O–H groups in total. The first-order valence-corrected chi connectivity index (χ1v) is 16.5. The minimum Gasteiger partial charge on any atom is -0.426 e. The van der Waals surface area contributed by atoms with E-state index in [1.165, 1.54) is 103 Å². The number of hydrogen-bond donors (Lipinski definition) is 0. The lowest BCUT2D eigenvalue weighted by atomic mass is 9.94. The molecule has 40 heavy (non-hydrogen) atoms. The van der Waals surface area contributed by atoms with Gasteiger partial charge in [-0.3, -0.25) is 9.59 Å². The molecule has 1 unspecified atom stereocenters. The van der Waals surface area contributed by atoms with Gasteiger partial charge in [0.15, 0.2) is 0 Å². The second-order valence-electron chi connectivity index (χ2n) is 11.6. The average Bonchev–Trinajstić information content (AvgIpc) is 2.98. The summed E-state index contributed by atoms with van der Waals surface area (Å²) in [5.74, 6) is 0.511. The van der Waals surface area contributed by atoms with Gasteiger partial charge >= 0.3 is 5.97 Å². The topological polar surface area (TPSA) is 43.4 Å². The van der Waals surface area contributed by atoms with E-state index in [0.717, 1.165) is 43.1 Å². The van der Waals surface area contributed by atoms with Crippen molar-refractivity contribution < 1.29 is 14.3 Å². The summed E-state index contributed by atoms with van der Waals surface area (Å²) < 4.78 is 5.88. The average molecular weight is 549 g/mol. The van der Waals surface area contributed by atoms with E-state index in [-0.39, 0.29) is 11.9 Å². The van der Waals surface area contributed by atoms with Crippen molar-refractivity contribution in [3.63, 3.8) is 0 Å². The van der Waals surface area contributed by atoms with Crippen LogP contribution in [-0.2, 0) is 4.79 Å². The Morgan fingerprint density at radius 1 is 0.625 bits per heavy atom. The van der Waals surface area contributed by atoms with Crippen LogP contribution < -0.4 is 4.74 Å². The molecule has 2 aromatic rings. The predicted molar refractivity (Wildman–Crippen MR) is 170 cm³/mol. The minimum atomic E-state index is -0.0745. The van der Waals surface area contributed by atoms with Crippen molar-refractivity contribution in [1.29, 1.82) is 0 Å². The van der Waals surface area contributed by atoms with Crippen molar-refractivity contribution in [2.24, 2.45) is 5.92 Å². The monoisotopic (exact) mass is 548 g/mol. The highest BCUT2D eigenvalue weighted by Crippen LogP contribution is 2.26. The van der Waals surface area contributed by atoms with Crippen molar-refractivity contribution in [3.8, 4) is 16.9 Å². The number of carbonyl (C=O) groups excluding carboxylic acids is 2. The second kappa shape index (κ2) is 22.3. The molecule has 0 heterocycles. The third-order valence-electron chi connectivity index (χ3n) is 8.07. The quantitative estimate of drug-likeness (QED) is 0.0567. The summed E-state index contributed by atoms with van der Waals surface area (Å²) in [4.78, 5) is 24.3. The van der Waals surface area contributed by atoms with Crippen molar-refractivity contribution in [1.82, 2.24) is 0 Å². The molecule has 0 radical (unpaired) electrons. The van der Waals surface area contributed by atoms with E-state index in [1.807, 2.05) is 42.5 Å². The summed E-state index contributed by atoms with van der Waals surface area (Å²) in [6.07, 6.45) is 26.1. The molecule has 3 nitrogen and oxygen atoms in total. The highest BCUT2D eigenvalue weighted by molar-refractivity contribution is 5.79. The molecular weight excluding hydrogens is 492 g/mol. The Hall–Kier alpha value is -2.42. The van der Waals surface area contributed by atoms with E-state index >= 15 is 0 Å². The predicted octanol–water partition coefficient (Wildman–Crippen LogP) is 11.5. The lowest BCUT2D eigenvalue weighted by molar-refractivity contribution is -0.139. The maximum Gasteiger partial charge on any atom is 0.314 e. The van der Waals surface area contributed by atoms with Gasteiger partial charge in [-0.2, -0.15) is 0 Å². The smallest absolute Gasteiger partial charge is 0.314 e. The summed E-state index contributed by atoms with van der Waals surface area (Å²) in [5.41, 5.74) is 2.64. The molecule has 0 aliphatic rings. The molecule has 0 bridgehead atoms. The van der Waals surface area contributed by atoms with E-state index in [1.54, 1.807) is 6.07 Å². The number of rotatable bonds is 24. The first kappa shape index (κ1) is 33.8. The molecule has 2 rings (SSSR count). The Labute approximate surface area is 245 Å². The van der Waals surface area contributed by atoms with Crippen LogP contribution in [0.2, 0.25) is 0 Å². The van der Waals surface area contributed by atoms with Crippen LogP contribution in [0.15, 0.2) is 48.5 Å². The highest BCUT2D eigenvalue weighted by atomic mass is 16.5. The first-order valence-electron chi connectivity index (χ1n) is 16.5. The minimum absolute atomic E-state index is 0.0157. The van der Waals surface area contributed by atoms with Gasteiger partial charge in [0.2, 0.25) is 0 Å². The van der Waals surface area contributed by atoms with Crippen LogP contribution in [0.3, 0.4) is 0 Å². The number of benzene rings is 2. The lowest BCUT2D eigenvalue weighted by Crippen LogP contribution is -2.20. The van der Waals surface area contributed by atoms with Gasteiger partial charge in [-0.1, -0.05) is 160 Å². The van der Waals surface area contributed by atoms with Crippen molar-refractivity contribution in [3.05, 3.63) is 54.1 Å². The summed E-state index contributed by atoms with van der Waals surface area (Å²) in [5, 5.41) is 0. The van der Waals surface area contributed by atoms with Crippen LogP contribution in [0.1, 0.15) is 153 Å². The molecule has 0 aromatic heterocycles. The molecular formula is C37H56O3. The summed E-state index contributed by atoms with van der Waals surface area (Å²) in [6, 6.07) is 15.2. The Morgan fingerprint density at radius 2 is 1.10 bits per heavy atom. The Kier molecular flexibility index (Phi) is 18.8. The number of unbranched alkanes of at least 4 members (excludes halogenated alkanes) is 16. The van der Waals surface area contributed by atoms with Gasteiger partial charge in [-0.15, -0.1) is 0 Å². The van der Waals surface area contributed by atoms with Crippen LogP contribution in [0, 0.1) is 5.92 Å². The molecule has 222 valence electrons. The Balaban J connectivity index is 1.81. The molecule has 0 saturated carbocycles. The van der Waals surface area contributed by atoms with Crippen molar-refractivity contribution in [2.45, 2.75) is 142 Å². The summed E-state index contributed by atoms with van der Waals surface area (Å²) >= 11 is 0. The summed E-state index contributed by atoms with van der Waals surface area (Å²) in [6.45, 7) is 4.53. The molecule has 0 saturated heterocycles. The van der Waals surface area contributed by atoms with Crippen LogP contribution in [-0.4, -0.2) is 12.3 Å². The van der Waals surface area contributed by atoms with Crippen LogP contribution in [0.4, 0.5) is 0 Å². The standard InChI is InChI=1S/C37H56O3/c1-3-5-7-9-11-13-14-16-18-20-24-34(23-19-17-15-12-10-8-6-4-2)37(39)40-36-28-26-33(27-29-36)35-25-21-22-32(30-35)31-38/h21-22,25-31,34H,3-20,23-24H2,1-2H3. The van der Waals surface area contributed by atoms with E-state index in [2.05, 4.69) is 13.8 Å². The van der Waals surface area contributed by atoms with Crippen LogP contribution in [0.25, 0.3) is 11.1 Å². The lowest BCUT2D eigenvalue weighted by Gasteiger charge is -2.16. The van der Waals surface area contributed by atoms with Crippen LogP contribution >= 0.6 is 0 Å². The van der Waals surface area contributed by atoms with Gasteiger partial charge < -0.3 is 4.74 Å². The highest BCUT2D eigenvalue weighted by Gasteiger charge is 2.20. The summed E-state index contributed by atoms with van der Waals surface area (Å²) in [7, 11) is 0. The van der Waals surface area contributed by atoms with E-state index < -0.39 is 0 Å². The van der Waals surface area contributed by atoms with Gasteiger partial charge in [-0.05, 0) is 42.2 Å². The Bertz CT molecular complexity index is 917. The van der Waals surface area contributed by atoms with Gasteiger partial charge in [0.05, 0.1) is 5.92 Å². The van der Waals surface area contributed by atoms with Gasteiger partial charge in [0, 0.05) is 5.56 Å². The molecule has 3 heteroatoms. The third-order valence-corrected chi connectivity index (χ3v) is 8.07. The number of hydrogen-bond acceptors (Lipinski definition) is 3. The largest absolute Gasteiger partial charge is 0.426 e. The zero-order chi connectivity index (χ0) is 28.7. The first-order chi connectivity index (χ1) is 19.7. The van der Waals surface area contributed by atoms with Gasteiger partial charge in [0.25, 0.3) is 0 Å². The molecule has 0 fully saturated rings. The zero-order valence-electron chi connectivity index (χ0n) is 25.6.